The number of rotatable bonds is 6. The van der Waals surface area contributed by atoms with E-state index in [1.807, 2.05) is 13.8 Å². The second-order valence-corrected chi connectivity index (χ2v) is 7.04. The lowest BCUT2D eigenvalue weighted by molar-refractivity contribution is 0.508. The number of thioether (sulfide) groups is 1. The third kappa shape index (κ3) is 3.03. The van der Waals surface area contributed by atoms with Crippen molar-refractivity contribution in [3.8, 4) is 0 Å². The van der Waals surface area contributed by atoms with E-state index in [2.05, 4.69) is 16.6 Å². The first kappa shape index (κ1) is 15.0. The summed E-state index contributed by atoms with van der Waals surface area (Å²) in [5.74, 6) is 0.499. The zero-order valence-corrected chi connectivity index (χ0v) is 13.0. The number of hydrogen-bond donors (Lipinski definition) is 3. The van der Waals surface area contributed by atoms with Gasteiger partial charge in [-0.3, -0.25) is 14.3 Å². The van der Waals surface area contributed by atoms with Crippen LogP contribution in [-0.2, 0) is 6.54 Å². The molecule has 20 heavy (non-hydrogen) atoms. The van der Waals surface area contributed by atoms with Gasteiger partial charge in [0.05, 0.1) is 0 Å². The molecule has 0 spiro atoms. The van der Waals surface area contributed by atoms with Crippen LogP contribution in [0.3, 0.4) is 0 Å². The van der Waals surface area contributed by atoms with E-state index in [0.29, 0.717) is 18.8 Å². The maximum atomic E-state index is 11.9. The highest BCUT2D eigenvalue weighted by Crippen LogP contribution is 2.47. The molecular weight excluding hydrogens is 276 g/mol. The molecule has 0 bridgehead atoms. The minimum Gasteiger partial charge on any atom is -0.383 e. The number of nitrogens with zero attached hydrogens (tertiary/aromatic N) is 1. The van der Waals surface area contributed by atoms with Crippen LogP contribution in [0.4, 0.5) is 11.5 Å². The zero-order valence-electron chi connectivity index (χ0n) is 12.2. The van der Waals surface area contributed by atoms with Gasteiger partial charge in [-0.2, -0.15) is 11.8 Å². The van der Waals surface area contributed by atoms with Crippen molar-refractivity contribution in [1.29, 1.82) is 0 Å². The van der Waals surface area contributed by atoms with Crippen LogP contribution in [-0.4, -0.2) is 27.1 Å². The molecule has 1 aromatic heterocycles. The van der Waals surface area contributed by atoms with Gasteiger partial charge in [0.2, 0.25) is 0 Å². The lowest BCUT2D eigenvalue weighted by Gasteiger charge is -2.18. The summed E-state index contributed by atoms with van der Waals surface area (Å²) in [6.07, 6.45) is 4.36. The number of aromatic amines is 1. The van der Waals surface area contributed by atoms with Crippen molar-refractivity contribution in [2.75, 3.05) is 23.9 Å². The lowest BCUT2D eigenvalue weighted by atomic mass is 10.2. The highest BCUT2D eigenvalue weighted by atomic mass is 32.2. The smallest absolute Gasteiger partial charge is 0.330 e. The average molecular weight is 298 g/mol. The standard InChI is InChI=1S/C13H22N4O2S/c1-8(2)6-17-10(14)9(11(18)16-12(17)19)15-7-13(20-3)4-5-13/h8,15H,4-7,14H2,1-3H3,(H,16,18,19). The van der Waals surface area contributed by atoms with Crippen molar-refractivity contribution in [3.63, 3.8) is 0 Å². The molecule has 0 unspecified atom stereocenters. The molecule has 1 aliphatic carbocycles. The fourth-order valence-corrected chi connectivity index (χ4v) is 2.87. The van der Waals surface area contributed by atoms with Crippen molar-refractivity contribution in [3.05, 3.63) is 20.8 Å². The van der Waals surface area contributed by atoms with Gasteiger partial charge < -0.3 is 11.1 Å². The van der Waals surface area contributed by atoms with Crippen LogP contribution in [0.15, 0.2) is 9.59 Å². The summed E-state index contributed by atoms with van der Waals surface area (Å²) in [7, 11) is 0. The largest absolute Gasteiger partial charge is 0.383 e. The van der Waals surface area contributed by atoms with Crippen LogP contribution in [0, 0.1) is 5.92 Å². The van der Waals surface area contributed by atoms with Crippen molar-refractivity contribution >= 4 is 23.3 Å². The number of hydrogen-bond acceptors (Lipinski definition) is 5. The quantitative estimate of drug-likeness (QED) is 0.731. The molecule has 112 valence electrons. The molecule has 0 atom stereocenters. The number of anilines is 2. The van der Waals surface area contributed by atoms with Gasteiger partial charge >= 0.3 is 5.69 Å². The van der Waals surface area contributed by atoms with Gasteiger partial charge in [-0.25, -0.2) is 4.79 Å². The van der Waals surface area contributed by atoms with Crippen LogP contribution in [0.2, 0.25) is 0 Å². The predicted molar refractivity (Wildman–Crippen MR) is 84.5 cm³/mol. The molecule has 1 aliphatic rings. The maximum Gasteiger partial charge on any atom is 0.330 e. The average Bonchev–Trinajstić information content (AvgIpc) is 3.14. The number of nitrogen functional groups attached to an aromatic ring is 1. The first-order chi connectivity index (χ1) is 9.38. The highest BCUT2D eigenvalue weighted by molar-refractivity contribution is 8.00. The SMILES string of the molecule is CSC1(CNc2c(N)n(CC(C)C)c(=O)[nH]c2=O)CC1. The Bertz CT molecular complexity index is 601. The van der Waals surface area contributed by atoms with E-state index in [1.54, 1.807) is 11.8 Å². The zero-order chi connectivity index (χ0) is 14.9. The normalized spacial score (nSPS) is 16.4. The second kappa shape index (κ2) is 5.55. The van der Waals surface area contributed by atoms with Crippen LogP contribution in [0.1, 0.15) is 26.7 Å². The molecule has 4 N–H and O–H groups in total. The Kier molecular flexibility index (Phi) is 4.17. The van der Waals surface area contributed by atoms with Gasteiger partial charge in [0.25, 0.3) is 5.56 Å². The molecule has 1 heterocycles. The van der Waals surface area contributed by atoms with Crippen LogP contribution >= 0.6 is 11.8 Å². The minimum atomic E-state index is -0.447. The number of H-pyrrole nitrogens is 1. The van der Waals surface area contributed by atoms with E-state index in [1.165, 1.54) is 4.57 Å². The Morgan fingerprint density at radius 2 is 2.10 bits per heavy atom. The summed E-state index contributed by atoms with van der Waals surface area (Å²) in [5.41, 5.74) is 5.42. The Labute approximate surface area is 122 Å². The molecule has 0 aliphatic heterocycles. The van der Waals surface area contributed by atoms with Crippen molar-refractivity contribution in [2.45, 2.75) is 38.0 Å². The van der Waals surface area contributed by atoms with E-state index in [0.717, 1.165) is 12.8 Å². The molecule has 0 saturated heterocycles. The Morgan fingerprint density at radius 1 is 1.45 bits per heavy atom. The van der Waals surface area contributed by atoms with Crippen LogP contribution in [0.5, 0.6) is 0 Å². The molecule has 0 aromatic carbocycles. The Hall–Kier alpha value is -1.37. The summed E-state index contributed by atoms with van der Waals surface area (Å²) in [6, 6.07) is 0. The molecule has 1 fully saturated rings. The highest BCUT2D eigenvalue weighted by Gasteiger charge is 2.41. The number of nitrogens with one attached hydrogen (secondary N) is 2. The predicted octanol–water partition coefficient (Wildman–Crippen LogP) is 1.08. The summed E-state index contributed by atoms with van der Waals surface area (Å²) < 4.78 is 1.64. The summed E-state index contributed by atoms with van der Waals surface area (Å²) in [6.45, 7) is 5.18. The maximum absolute atomic E-state index is 11.9. The second-order valence-electron chi connectivity index (χ2n) is 5.76. The molecule has 0 amide bonds. The number of nitrogens with two attached hydrogens (primary N) is 1. The van der Waals surface area contributed by atoms with Gasteiger partial charge in [-0.05, 0) is 25.0 Å². The Morgan fingerprint density at radius 3 is 2.60 bits per heavy atom. The lowest BCUT2D eigenvalue weighted by Crippen LogP contribution is -2.36. The van der Waals surface area contributed by atoms with Crippen LogP contribution in [0.25, 0.3) is 0 Å². The third-order valence-corrected chi connectivity index (χ3v) is 5.03. The summed E-state index contributed by atoms with van der Waals surface area (Å²) >= 11 is 1.80. The monoisotopic (exact) mass is 298 g/mol. The first-order valence-corrected chi connectivity index (χ1v) is 8.02. The van der Waals surface area contributed by atoms with E-state index in [4.69, 9.17) is 5.73 Å². The van der Waals surface area contributed by atoms with Gasteiger partial charge in [0.15, 0.2) is 0 Å². The molecule has 0 radical (unpaired) electrons. The molecule has 6 nitrogen and oxygen atoms in total. The first-order valence-electron chi connectivity index (χ1n) is 6.80. The van der Waals surface area contributed by atoms with E-state index >= 15 is 0 Å². The van der Waals surface area contributed by atoms with Crippen molar-refractivity contribution in [2.24, 2.45) is 5.92 Å². The number of aromatic nitrogens is 2. The van der Waals surface area contributed by atoms with E-state index in [9.17, 15) is 9.59 Å². The van der Waals surface area contributed by atoms with Crippen molar-refractivity contribution in [1.82, 2.24) is 9.55 Å². The Balaban J connectivity index is 2.28. The van der Waals surface area contributed by atoms with Gasteiger partial charge in [0, 0.05) is 17.8 Å². The van der Waals surface area contributed by atoms with Crippen LogP contribution < -0.4 is 22.3 Å². The van der Waals surface area contributed by atoms with Crippen molar-refractivity contribution < 1.29 is 0 Å². The van der Waals surface area contributed by atoms with Gasteiger partial charge in [-0.15, -0.1) is 0 Å². The van der Waals surface area contributed by atoms with Gasteiger partial charge in [-0.1, -0.05) is 13.8 Å². The fourth-order valence-electron chi connectivity index (χ4n) is 2.15. The molecule has 2 rings (SSSR count). The van der Waals surface area contributed by atoms with E-state index in [-0.39, 0.29) is 16.5 Å². The molecule has 7 heteroatoms. The molecular formula is C13H22N4O2S. The third-order valence-electron chi connectivity index (χ3n) is 3.62. The minimum absolute atomic E-state index is 0.220. The summed E-state index contributed by atoms with van der Waals surface area (Å²) in [4.78, 5) is 26.1. The topological polar surface area (TPSA) is 92.9 Å². The summed E-state index contributed by atoms with van der Waals surface area (Å²) in [5, 5.41) is 3.13. The van der Waals surface area contributed by atoms with E-state index < -0.39 is 11.2 Å². The van der Waals surface area contributed by atoms with Gasteiger partial charge in [0.1, 0.15) is 11.5 Å². The fraction of sp³-hybridized carbons (Fsp3) is 0.692. The molecule has 1 aromatic rings. The molecule has 1 saturated carbocycles.